The zero-order chi connectivity index (χ0) is 9.56. The van der Waals surface area contributed by atoms with Gasteiger partial charge in [0.15, 0.2) is 0 Å². The molecule has 0 saturated carbocycles. The van der Waals surface area contributed by atoms with Crippen LogP contribution < -0.4 is 0 Å². The van der Waals surface area contributed by atoms with Gasteiger partial charge in [-0.25, -0.2) is 0 Å². The van der Waals surface area contributed by atoms with Crippen molar-refractivity contribution in [3.8, 4) is 0 Å². The number of aliphatic hydroxyl groups is 1. The fraction of sp³-hybridized carbons (Fsp3) is 0.889. The molecule has 0 saturated heterocycles. The Morgan fingerprint density at radius 2 is 2.08 bits per heavy atom. The van der Waals surface area contributed by atoms with E-state index in [-0.39, 0.29) is 18.3 Å². The van der Waals surface area contributed by atoms with Crippen LogP contribution in [0.15, 0.2) is 0 Å². The van der Waals surface area contributed by atoms with Crippen molar-refractivity contribution in [2.75, 3.05) is 7.11 Å². The maximum atomic E-state index is 11.1. The number of carbonyl (C=O) groups is 1. The number of rotatable bonds is 6. The van der Waals surface area contributed by atoms with Crippen molar-refractivity contribution >= 4 is 5.78 Å². The highest BCUT2D eigenvalue weighted by molar-refractivity contribution is 5.79. The predicted molar refractivity (Wildman–Crippen MR) is 47.0 cm³/mol. The summed E-state index contributed by atoms with van der Waals surface area (Å²) < 4.78 is 5.05. The Kier molecular flexibility index (Phi) is 5.93. The number of aliphatic hydroxyl groups excluding tert-OH is 1. The molecule has 0 aromatic heterocycles. The van der Waals surface area contributed by atoms with Crippen LogP contribution in [-0.2, 0) is 9.53 Å². The van der Waals surface area contributed by atoms with E-state index in [0.717, 1.165) is 6.42 Å². The Morgan fingerprint density at radius 1 is 1.50 bits per heavy atom. The number of ether oxygens (including phenoxy) is 1. The number of hydrogen-bond acceptors (Lipinski definition) is 3. The summed E-state index contributed by atoms with van der Waals surface area (Å²) >= 11 is 0. The Morgan fingerprint density at radius 3 is 2.42 bits per heavy atom. The first-order chi connectivity index (χ1) is 5.60. The molecule has 0 aromatic rings. The molecule has 0 fully saturated rings. The van der Waals surface area contributed by atoms with Crippen LogP contribution in [-0.4, -0.2) is 30.2 Å². The van der Waals surface area contributed by atoms with Crippen molar-refractivity contribution < 1.29 is 14.6 Å². The number of carbonyl (C=O) groups excluding carboxylic acids is 1. The Labute approximate surface area is 73.7 Å². The second-order valence-electron chi connectivity index (χ2n) is 3.06. The molecule has 0 aliphatic heterocycles. The third-order valence-electron chi connectivity index (χ3n) is 1.77. The Balaban J connectivity index is 3.66. The molecule has 0 aliphatic carbocycles. The molecule has 0 heterocycles. The molecule has 12 heavy (non-hydrogen) atoms. The van der Waals surface area contributed by atoms with Gasteiger partial charge in [-0.15, -0.1) is 0 Å². The van der Waals surface area contributed by atoms with E-state index in [2.05, 4.69) is 0 Å². The van der Waals surface area contributed by atoms with Crippen molar-refractivity contribution in [1.29, 1.82) is 0 Å². The lowest BCUT2D eigenvalue weighted by molar-refractivity contribution is -0.123. The fourth-order valence-corrected chi connectivity index (χ4v) is 1.06. The number of ketones is 1. The third kappa shape index (κ3) is 5.27. The van der Waals surface area contributed by atoms with Gasteiger partial charge in [-0.1, -0.05) is 6.92 Å². The number of methoxy groups -OCH3 is 1. The van der Waals surface area contributed by atoms with Crippen LogP contribution in [0.3, 0.4) is 0 Å². The lowest BCUT2D eigenvalue weighted by Crippen LogP contribution is -2.18. The molecule has 3 heteroatoms. The molecule has 0 bridgehead atoms. The van der Waals surface area contributed by atoms with Gasteiger partial charge < -0.3 is 9.84 Å². The first-order valence-corrected chi connectivity index (χ1v) is 4.32. The SMILES string of the molecule is CC[C@H](CC(=O)C[C@@H](C)O)OC. The van der Waals surface area contributed by atoms with Gasteiger partial charge in [-0.05, 0) is 13.3 Å². The van der Waals surface area contributed by atoms with E-state index in [0.29, 0.717) is 6.42 Å². The van der Waals surface area contributed by atoms with Crippen molar-refractivity contribution in [3.63, 3.8) is 0 Å². The molecule has 0 spiro atoms. The van der Waals surface area contributed by atoms with Gasteiger partial charge in [0.1, 0.15) is 5.78 Å². The molecule has 3 nitrogen and oxygen atoms in total. The summed E-state index contributed by atoms with van der Waals surface area (Å²) in [6, 6.07) is 0. The monoisotopic (exact) mass is 174 g/mol. The zero-order valence-corrected chi connectivity index (χ0v) is 8.04. The summed E-state index contributed by atoms with van der Waals surface area (Å²) in [7, 11) is 1.60. The van der Waals surface area contributed by atoms with E-state index in [9.17, 15) is 4.79 Å². The molecule has 0 rings (SSSR count). The van der Waals surface area contributed by atoms with Crippen LogP contribution in [0.5, 0.6) is 0 Å². The lowest BCUT2D eigenvalue weighted by Gasteiger charge is -2.12. The van der Waals surface area contributed by atoms with Crippen LogP contribution in [0.25, 0.3) is 0 Å². The first-order valence-electron chi connectivity index (χ1n) is 4.32. The normalized spacial score (nSPS) is 15.7. The van der Waals surface area contributed by atoms with E-state index in [1.807, 2.05) is 6.92 Å². The van der Waals surface area contributed by atoms with Crippen LogP contribution in [0.4, 0.5) is 0 Å². The molecule has 1 N–H and O–H groups in total. The van der Waals surface area contributed by atoms with Crippen LogP contribution in [0, 0.1) is 0 Å². The van der Waals surface area contributed by atoms with Gasteiger partial charge in [-0.2, -0.15) is 0 Å². The Bertz CT molecular complexity index is 128. The fourth-order valence-electron chi connectivity index (χ4n) is 1.06. The van der Waals surface area contributed by atoms with Crippen molar-refractivity contribution in [1.82, 2.24) is 0 Å². The van der Waals surface area contributed by atoms with Gasteiger partial charge in [0.25, 0.3) is 0 Å². The van der Waals surface area contributed by atoms with Gasteiger partial charge >= 0.3 is 0 Å². The third-order valence-corrected chi connectivity index (χ3v) is 1.77. The molecule has 0 aromatic carbocycles. The minimum Gasteiger partial charge on any atom is -0.393 e. The minimum atomic E-state index is -0.535. The zero-order valence-electron chi connectivity index (χ0n) is 8.04. The molecule has 0 aliphatic rings. The summed E-state index contributed by atoms with van der Waals surface area (Å²) in [6.45, 7) is 3.59. The van der Waals surface area contributed by atoms with Gasteiger partial charge in [0, 0.05) is 20.0 Å². The standard InChI is InChI=1S/C9H18O3/c1-4-9(12-3)6-8(11)5-7(2)10/h7,9-10H,4-6H2,1-3H3/t7-,9-/m1/s1. The molecular weight excluding hydrogens is 156 g/mol. The molecular formula is C9H18O3. The smallest absolute Gasteiger partial charge is 0.138 e. The highest BCUT2D eigenvalue weighted by atomic mass is 16.5. The highest BCUT2D eigenvalue weighted by Crippen LogP contribution is 2.05. The summed E-state index contributed by atoms with van der Waals surface area (Å²) in [6.07, 6.45) is 0.961. The molecule has 0 radical (unpaired) electrons. The van der Waals surface area contributed by atoms with Crippen LogP contribution >= 0.6 is 0 Å². The van der Waals surface area contributed by atoms with Crippen molar-refractivity contribution in [3.05, 3.63) is 0 Å². The topological polar surface area (TPSA) is 46.5 Å². The lowest BCUT2D eigenvalue weighted by atomic mass is 10.1. The average Bonchev–Trinajstić information content (AvgIpc) is 1.98. The van der Waals surface area contributed by atoms with E-state index < -0.39 is 6.10 Å². The van der Waals surface area contributed by atoms with E-state index in [1.165, 1.54) is 0 Å². The van der Waals surface area contributed by atoms with Gasteiger partial charge in [-0.3, -0.25) is 4.79 Å². The summed E-state index contributed by atoms with van der Waals surface area (Å²) in [4.78, 5) is 11.1. The minimum absolute atomic E-state index is 0.0104. The molecule has 0 amide bonds. The number of Topliss-reactive ketones (excluding diaryl/α,β-unsaturated/α-hetero) is 1. The van der Waals surface area contributed by atoms with Gasteiger partial charge in [0.05, 0.1) is 12.2 Å². The second kappa shape index (κ2) is 6.14. The molecule has 0 unspecified atom stereocenters. The van der Waals surface area contributed by atoms with Crippen LogP contribution in [0.2, 0.25) is 0 Å². The summed E-state index contributed by atoms with van der Waals surface area (Å²) in [5.41, 5.74) is 0. The maximum Gasteiger partial charge on any atom is 0.138 e. The Hall–Kier alpha value is -0.410. The number of hydrogen-bond donors (Lipinski definition) is 1. The van der Waals surface area contributed by atoms with Crippen molar-refractivity contribution in [2.24, 2.45) is 0 Å². The van der Waals surface area contributed by atoms with E-state index >= 15 is 0 Å². The highest BCUT2D eigenvalue weighted by Gasteiger charge is 2.12. The van der Waals surface area contributed by atoms with Crippen LogP contribution in [0.1, 0.15) is 33.1 Å². The first kappa shape index (κ1) is 11.6. The largest absolute Gasteiger partial charge is 0.393 e. The van der Waals surface area contributed by atoms with E-state index in [4.69, 9.17) is 9.84 Å². The van der Waals surface area contributed by atoms with Crippen molar-refractivity contribution in [2.45, 2.75) is 45.3 Å². The summed E-state index contributed by atoms with van der Waals surface area (Å²) in [5, 5.41) is 8.92. The molecule has 72 valence electrons. The van der Waals surface area contributed by atoms with E-state index in [1.54, 1.807) is 14.0 Å². The maximum absolute atomic E-state index is 11.1. The summed E-state index contributed by atoms with van der Waals surface area (Å²) in [5.74, 6) is 0.0682. The average molecular weight is 174 g/mol. The van der Waals surface area contributed by atoms with Gasteiger partial charge in [0.2, 0.25) is 0 Å². The second-order valence-corrected chi connectivity index (χ2v) is 3.06. The quantitative estimate of drug-likeness (QED) is 0.657. The molecule has 2 atom stereocenters. The predicted octanol–water partition coefficient (Wildman–Crippen LogP) is 1.14.